The highest BCUT2D eigenvalue weighted by Gasteiger charge is 2.44. The van der Waals surface area contributed by atoms with E-state index in [1.165, 1.54) is 0 Å². The molecule has 2 fully saturated rings. The standard InChI is InChI=1S/C18H30F3N3O3.ClH/c1-2-7-24(13-18(19,20)21)15(25)14-4-3-8-23(11-14)16(26)17(12-22)5-9-27-10-6-17;/h14H,2-13,22H2,1H3;1H. The van der Waals surface area contributed by atoms with Gasteiger partial charge in [-0.15, -0.1) is 12.4 Å². The largest absolute Gasteiger partial charge is 0.406 e. The maximum atomic E-state index is 13.1. The molecule has 0 radical (unpaired) electrons. The number of rotatable bonds is 6. The quantitative estimate of drug-likeness (QED) is 0.702. The molecule has 0 spiro atoms. The van der Waals surface area contributed by atoms with E-state index in [-0.39, 0.29) is 37.9 Å². The molecule has 0 aromatic carbocycles. The van der Waals surface area contributed by atoms with Crippen LogP contribution in [0, 0.1) is 11.3 Å². The van der Waals surface area contributed by atoms with Crippen molar-refractivity contribution in [1.29, 1.82) is 0 Å². The Kier molecular flexibility index (Phi) is 9.49. The van der Waals surface area contributed by atoms with Crippen molar-refractivity contribution in [2.75, 3.05) is 45.9 Å². The maximum absolute atomic E-state index is 13.1. The zero-order valence-corrected chi connectivity index (χ0v) is 17.1. The smallest absolute Gasteiger partial charge is 0.381 e. The molecule has 0 bridgehead atoms. The SMILES string of the molecule is CCCN(CC(F)(F)F)C(=O)C1CCCN(C(=O)C2(CN)CCOCC2)C1.Cl. The Morgan fingerprint density at radius 3 is 2.46 bits per heavy atom. The molecule has 0 saturated carbocycles. The number of piperidine rings is 1. The molecule has 2 rings (SSSR count). The van der Waals surface area contributed by atoms with E-state index in [1.54, 1.807) is 11.8 Å². The number of hydrogen-bond acceptors (Lipinski definition) is 4. The van der Waals surface area contributed by atoms with E-state index in [9.17, 15) is 22.8 Å². The third-order valence-corrected chi connectivity index (χ3v) is 5.53. The van der Waals surface area contributed by atoms with E-state index in [2.05, 4.69) is 0 Å². The summed E-state index contributed by atoms with van der Waals surface area (Å²) in [6.07, 6.45) is -1.81. The van der Waals surface area contributed by atoms with Gasteiger partial charge in [0, 0.05) is 39.4 Å². The lowest BCUT2D eigenvalue weighted by Crippen LogP contribution is -2.55. The molecule has 2 saturated heterocycles. The number of alkyl halides is 3. The van der Waals surface area contributed by atoms with Gasteiger partial charge in [0.2, 0.25) is 11.8 Å². The number of hydrogen-bond donors (Lipinski definition) is 1. The van der Waals surface area contributed by atoms with Crippen LogP contribution in [0.15, 0.2) is 0 Å². The molecule has 1 atom stereocenters. The molecular formula is C18H31ClF3N3O3. The summed E-state index contributed by atoms with van der Waals surface area (Å²) in [7, 11) is 0. The minimum atomic E-state index is -4.43. The summed E-state index contributed by atoms with van der Waals surface area (Å²) in [6, 6.07) is 0. The Balaban J connectivity index is 0.00000392. The summed E-state index contributed by atoms with van der Waals surface area (Å²) >= 11 is 0. The van der Waals surface area contributed by atoms with Crippen LogP contribution in [-0.2, 0) is 14.3 Å². The van der Waals surface area contributed by atoms with Gasteiger partial charge in [0.25, 0.3) is 0 Å². The summed E-state index contributed by atoms with van der Waals surface area (Å²) in [5.41, 5.74) is 5.21. The molecular weight excluding hydrogens is 399 g/mol. The van der Waals surface area contributed by atoms with Crippen LogP contribution in [0.4, 0.5) is 13.2 Å². The predicted octanol–water partition coefficient (Wildman–Crippen LogP) is 2.20. The second kappa shape index (κ2) is 10.6. The van der Waals surface area contributed by atoms with E-state index in [4.69, 9.17) is 10.5 Å². The van der Waals surface area contributed by atoms with Crippen LogP contribution in [0.25, 0.3) is 0 Å². The topological polar surface area (TPSA) is 75.9 Å². The van der Waals surface area contributed by atoms with Gasteiger partial charge in [-0.1, -0.05) is 6.92 Å². The second-order valence-electron chi connectivity index (χ2n) is 7.56. The highest BCUT2D eigenvalue weighted by Crippen LogP contribution is 2.33. The van der Waals surface area contributed by atoms with Crippen molar-refractivity contribution < 1.29 is 27.5 Å². The lowest BCUT2D eigenvalue weighted by molar-refractivity contribution is -0.166. The Bertz CT molecular complexity index is 528. The van der Waals surface area contributed by atoms with Gasteiger partial charge in [0.15, 0.2) is 0 Å². The van der Waals surface area contributed by atoms with Crippen molar-refractivity contribution in [3.8, 4) is 0 Å². The number of halogens is 4. The van der Waals surface area contributed by atoms with E-state index < -0.39 is 30.0 Å². The highest BCUT2D eigenvalue weighted by molar-refractivity contribution is 5.85. The highest BCUT2D eigenvalue weighted by atomic mass is 35.5. The van der Waals surface area contributed by atoms with Crippen LogP contribution in [0.3, 0.4) is 0 Å². The molecule has 0 aliphatic carbocycles. The third kappa shape index (κ3) is 6.22. The Hall–Kier alpha value is -1.06. The molecule has 2 aliphatic heterocycles. The molecule has 1 unspecified atom stereocenters. The Morgan fingerprint density at radius 2 is 1.93 bits per heavy atom. The minimum Gasteiger partial charge on any atom is -0.381 e. The zero-order chi connectivity index (χ0) is 20.1. The van der Waals surface area contributed by atoms with Gasteiger partial charge >= 0.3 is 6.18 Å². The summed E-state index contributed by atoms with van der Waals surface area (Å²) < 4.78 is 43.8. The second-order valence-corrected chi connectivity index (χ2v) is 7.56. The van der Waals surface area contributed by atoms with Crippen molar-refractivity contribution in [2.24, 2.45) is 17.1 Å². The first-order chi connectivity index (χ1) is 12.7. The van der Waals surface area contributed by atoms with E-state index in [0.29, 0.717) is 51.9 Å². The fourth-order valence-corrected chi connectivity index (χ4v) is 3.98. The monoisotopic (exact) mass is 429 g/mol. The molecule has 2 N–H and O–H groups in total. The molecule has 2 heterocycles. The first-order valence-electron chi connectivity index (χ1n) is 9.65. The predicted molar refractivity (Wildman–Crippen MR) is 101 cm³/mol. The maximum Gasteiger partial charge on any atom is 0.406 e. The molecule has 164 valence electrons. The lowest BCUT2D eigenvalue weighted by Gasteiger charge is -2.42. The molecule has 10 heteroatoms. The van der Waals surface area contributed by atoms with Crippen LogP contribution >= 0.6 is 12.4 Å². The van der Waals surface area contributed by atoms with Crippen molar-refractivity contribution in [3.63, 3.8) is 0 Å². The normalized spacial score (nSPS) is 22.3. The van der Waals surface area contributed by atoms with Gasteiger partial charge in [-0.3, -0.25) is 9.59 Å². The van der Waals surface area contributed by atoms with Gasteiger partial charge in [-0.25, -0.2) is 0 Å². The van der Waals surface area contributed by atoms with Gasteiger partial charge in [-0.2, -0.15) is 13.2 Å². The summed E-state index contributed by atoms with van der Waals surface area (Å²) in [5.74, 6) is -1.20. The van der Waals surface area contributed by atoms with Crippen molar-refractivity contribution in [1.82, 2.24) is 9.80 Å². The van der Waals surface area contributed by atoms with Crippen molar-refractivity contribution in [2.45, 2.75) is 45.2 Å². The fourth-order valence-electron chi connectivity index (χ4n) is 3.98. The molecule has 28 heavy (non-hydrogen) atoms. The third-order valence-electron chi connectivity index (χ3n) is 5.53. The van der Waals surface area contributed by atoms with Gasteiger partial charge < -0.3 is 20.3 Å². The number of carbonyl (C=O) groups is 2. The number of ether oxygens (including phenoxy) is 1. The molecule has 0 aromatic heterocycles. The van der Waals surface area contributed by atoms with E-state index in [0.717, 1.165) is 4.90 Å². The Morgan fingerprint density at radius 1 is 1.29 bits per heavy atom. The van der Waals surface area contributed by atoms with Crippen LogP contribution in [0.5, 0.6) is 0 Å². The average Bonchev–Trinajstić information content (AvgIpc) is 2.66. The molecule has 2 aliphatic rings. The van der Waals surface area contributed by atoms with Crippen LogP contribution in [-0.4, -0.2) is 73.7 Å². The van der Waals surface area contributed by atoms with Gasteiger partial charge in [0.1, 0.15) is 6.54 Å². The van der Waals surface area contributed by atoms with E-state index >= 15 is 0 Å². The number of carbonyl (C=O) groups excluding carboxylic acids is 2. The summed E-state index contributed by atoms with van der Waals surface area (Å²) in [5, 5.41) is 0. The van der Waals surface area contributed by atoms with Crippen molar-refractivity contribution in [3.05, 3.63) is 0 Å². The summed E-state index contributed by atoms with van der Waals surface area (Å²) in [6.45, 7) is 2.38. The lowest BCUT2D eigenvalue weighted by atomic mass is 9.78. The van der Waals surface area contributed by atoms with Crippen LogP contribution in [0.1, 0.15) is 39.0 Å². The minimum absolute atomic E-state index is 0. The van der Waals surface area contributed by atoms with Crippen molar-refractivity contribution >= 4 is 24.2 Å². The zero-order valence-electron chi connectivity index (χ0n) is 16.3. The number of likely N-dealkylation sites (tertiary alicyclic amines) is 1. The van der Waals surface area contributed by atoms with Gasteiger partial charge in [0.05, 0.1) is 11.3 Å². The first-order valence-corrected chi connectivity index (χ1v) is 9.65. The Labute approximate surface area is 170 Å². The van der Waals surface area contributed by atoms with E-state index in [1.807, 2.05) is 0 Å². The van der Waals surface area contributed by atoms with Gasteiger partial charge in [-0.05, 0) is 32.1 Å². The molecule has 2 amide bonds. The van der Waals surface area contributed by atoms with Crippen LogP contribution in [0.2, 0.25) is 0 Å². The first kappa shape index (κ1) is 25.0. The number of nitrogens with two attached hydrogens (primary N) is 1. The molecule has 6 nitrogen and oxygen atoms in total. The van der Waals surface area contributed by atoms with Crippen LogP contribution < -0.4 is 5.73 Å². The fraction of sp³-hybridized carbons (Fsp3) is 0.889. The summed E-state index contributed by atoms with van der Waals surface area (Å²) in [4.78, 5) is 28.3. The number of amides is 2. The number of nitrogens with zero attached hydrogens (tertiary/aromatic N) is 2. The molecule has 0 aromatic rings. The average molecular weight is 430 g/mol.